The van der Waals surface area contributed by atoms with Crippen molar-refractivity contribution in [1.29, 1.82) is 0 Å². The van der Waals surface area contributed by atoms with Crippen molar-refractivity contribution in [2.24, 2.45) is 17.7 Å². The quantitative estimate of drug-likeness (QED) is 0.612. The van der Waals surface area contributed by atoms with Crippen LogP contribution in [0.2, 0.25) is 0 Å². The van der Waals surface area contributed by atoms with Gasteiger partial charge in [0.1, 0.15) is 5.60 Å². The van der Waals surface area contributed by atoms with E-state index >= 15 is 0 Å². The molecule has 3 N–H and O–H groups in total. The number of hydrazine groups is 1. The van der Waals surface area contributed by atoms with Gasteiger partial charge in [-0.05, 0) is 58.3 Å². The first-order valence-electron chi connectivity index (χ1n) is 8.41. The van der Waals surface area contributed by atoms with Gasteiger partial charge in [-0.25, -0.2) is 4.79 Å². The summed E-state index contributed by atoms with van der Waals surface area (Å²) in [7, 11) is 0. The lowest BCUT2D eigenvalue weighted by atomic mass is 9.86. The zero-order chi connectivity index (χ0) is 16.2. The van der Waals surface area contributed by atoms with Crippen molar-refractivity contribution >= 4 is 6.09 Å². The highest BCUT2D eigenvalue weighted by molar-refractivity contribution is 5.68. The van der Waals surface area contributed by atoms with Crippen molar-refractivity contribution in [1.82, 2.24) is 10.3 Å². The molecule has 0 aromatic heterocycles. The van der Waals surface area contributed by atoms with Crippen LogP contribution in [-0.2, 0) is 9.47 Å². The Bertz CT molecular complexity index is 364. The number of ether oxygens (including phenoxy) is 2. The zero-order valence-electron chi connectivity index (χ0n) is 14.1. The van der Waals surface area contributed by atoms with Crippen molar-refractivity contribution in [3.63, 3.8) is 0 Å². The van der Waals surface area contributed by atoms with E-state index < -0.39 is 5.60 Å². The van der Waals surface area contributed by atoms with E-state index in [1.54, 1.807) is 0 Å². The summed E-state index contributed by atoms with van der Waals surface area (Å²) in [6, 6.07) is 0.260. The summed E-state index contributed by atoms with van der Waals surface area (Å²) < 4.78 is 10.9. The predicted octanol–water partition coefficient (Wildman–Crippen LogP) is 1.89. The van der Waals surface area contributed by atoms with Gasteiger partial charge in [0, 0.05) is 32.3 Å². The third-order valence-electron chi connectivity index (χ3n) is 4.59. The lowest BCUT2D eigenvalue weighted by molar-refractivity contribution is 0.0282. The van der Waals surface area contributed by atoms with Crippen LogP contribution >= 0.6 is 0 Å². The second-order valence-electron chi connectivity index (χ2n) is 7.54. The molecule has 2 aliphatic rings. The number of hydrogen-bond acceptors (Lipinski definition) is 5. The average Bonchev–Trinajstić information content (AvgIpc) is 2.94. The molecule has 6 heteroatoms. The van der Waals surface area contributed by atoms with E-state index in [2.05, 4.69) is 5.43 Å². The maximum absolute atomic E-state index is 12.1. The van der Waals surface area contributed by atoms with Gasteiger partial charge >= 0.3 is 6.09 Å². The molecule has 2 heterocycles. The molecule has 2 atom stereocenters. The first-order valence-corrected chi connectivity index (χ1v) is 8.41. The maximum atomic E-state index is 12.1. The first kappa shape index (κ1) is 17.5. The van der Waals surface area contributed by atoms with Crippen LogP contribution in [0.4, 0.5) is 4.79 Å². The minimum absolute atomic E-state index is 0.211. The molecule has 128 valence electrons. The second kappa shape index (κ2) is 7.62. The molecule has 22 heavy (non-hydrogen) atoms. The summed E-state index contributed by atoms with van der Waals surface area (Å²) in [6.45, 7) is 8.89. The van der Waals surface area contributed by atoms with Gasteiger partial charge in [0.05, 0.1) is 0 Å². The van der Waals surface area contributed by atoms with Gasteiger partial charge in [-0.1, -0.05) is 0 Å². The summed E-state index contributed by atoms with van der Waals surface area (Å²) in [4.78, 5) is 14.0. The Labute approximate surface area is 133 Å². The Morgan fingerprint density at radius 3 is 2.64 bits per heavy atom. The van der Waals surface area contributed by atoms with E-state index in [0.717, 1.165) is 52.0 Å². The fourth-order valence-corrected chi connectivity index (χ4v) is 3.35. The van der Waals surface area contributed by atoms with Gasteiger partial charge in [0.15, 0.2) is 0 Å². The number of hydrogen-bond donors (Lipinski definition) is 2. The Kier molecular flexibility index (Phi) is 6.06. The van der Waals surface area contributed by atoms with Crippen LogP contribution < -0.4 is 11.3 Å². The molecule has 0 radical (unpaired) electrons. The minimum Gasteiger partial charge on any atom is -0.444 e. The highest BCUT2D eigenvalue weighted by atomic mass is 16.6. The van der Waals surface area contributed by atoms with E-state index in [4.69, 9.17) is 15.3 Å². The Morgan fingerprint density at radius 2 is 2.05 bits per heavy atom. The van der Waals surface area contributed by atoms with Gasteiger partial charge in [-0.15, -0.1) is 0 Å². The molecule has 0 aliphatic carbocycles. The monoisotopic (exact) mass is 313 g/mol. The van der Waals surface area contributed by atoms with Crippen molar-refractivity contribution in [2.75, 3.05) is 26.3 Å². The molecule has 0 saturated carbocycles. The lowest BCUT2D eigenvalue weighted by Crippen LogP contribution is -2.44. The second-order valence-corrected chi connectivity index (χ2v) is 7.54. The SMILES string of the molecule is CC(C)(C)OC(=O)N1CCC(C(CC2CCOCC2)NN)C1. The molecule has 2 saturated heterocycles. The summed E-state index contributed by atoms with van der Waals surface area (Å²) in [5, 5.41) is 0. The average molecular weight is 313 g/mol. The fraction of sp³-hybridized carbons (Fsp3) is 0.938. The molecule has 2 unspecified atom stereocenters. The van der Waals surface area contributed by atoms with Crippen LogP contribution in [0.5, 0.6) is 0 Å². The number of nitrogens with zero attached hydrogens (tertiary/aromatic N) is 1. The van der Waals surface area contributed by atoms with Crippen molar-refractivity contribution in [2.45, 2.75) is 58.1 Å². The van der Waals surface area contributed by atoms with Gasteiger partial charge in [-0.3, -0.25) is 11.3 Å². The highest BCUT2D eigenvalue weighted by Gasteiger charge is 2.34. The van der Waals surface area contributed by atoms with Gasteiger partial charge in [-0.2, -0.15) is 0 Å². The fourth-order valence-electron chi connectivity index (χ4n) is 3.35. The van der Waals surface area contributed by atoms with E-state index in [9.17, 15) is 4.79 Å². The van der Waals surface area contributed by atoms with E-state index in [1.165, 1.54) is 0 Å². The molecule has 0 spiro atoms. The molecule has 2 fully saturated rings. The van der Waals surface area contributed by atoms with Crippen molar-refractivity contribution in [3.05, 3.63) is 0 Å². The van der Waals surface area contributed by atoms with Crippen LogP contribution in [0, 0.1) is 11.8 Å². The van der Waals surface area contributed by atoms with E-state index in [1.807, 2.05) is 25.7 Å². The van der Waals surface area contributed by atoms with E-state index in [-0.39, 0.29) is 12.1 Å². The highest BCUT2D eigenvalue weighted by Crippen LogP contribution is 2.28. The molecular formula is C16H31N3O3. The third-order valence-corrected chi connectivity index (χ3v) is 4.59. The number of nitrogens with two attached hydrogens (primary N) is 1. The smallest absolute Gasteiger partial charge is 0.410 e. The number of likely N-dealkylation sites (tertiary alicyclic amines) is 1. The molecule has 1 amide bonds. The standard InChI is InChI=1S/C16H31N3O3/c1-16(2,3)22-15(20)19-7-4-13(11-19)14(18-17)10-12-5-8-21-9-6-12/h12-14,18H,4-11,17H2,1-3H3. The number of carbonyl (C=O) groups is 1. The van der Waals surface area contributed by atoms with Gasteiger partial charge in [0.25, 0.3) is 0 Å². The zero-order valence-corrected chi connectivity index (χ0v) is 14.1. The van der Waals surface area contributed by atoms with Crippen molar-refractivity contribution in [3.8, 4) is 0 Å². The Morgan fingerprint density at radius 1 is 1.36 bits per heavy atom. The van der Waals surface area contributed by atoms with Crippen LogP contribution in [0.25, 0.3) is 0 Å². The topological polar surface area (TPSA) is 76.8 Å². The van der Waals surface area contributed by atoms with Crippen molar-refractivity contribution < 1.29 is 14.3 Å². The third kappa shape index (κ3) is 5.11. The normalized spacial score (nSPS) is 25.3. The first-order chi connectivity index (χ1) is 10.4. The van der Waals surface area contributed by atoms with Crippen LogP contribution in [0.3, 0.4) is 0 Å². The Balaban J connectivity index is 1.83. The molecule has 2 rings (SSSR count). The van der Waals surface area contributed by atoms with Crippen LogP contribution in [0.1, 0.15) is 46.5 Å². The van der Waals surface area contributed by atoms with E-state index in [0.29, 0.717) is 11.8 Å². The summed E-state index contributed by atoms with van der Waals surface area (Å²) in [6.07, 6.45) is 4.06. The summed E-state index contributed by atoms with van der Waals surface area (Å²) in [5.74, 6) is 6.85. The van der Waals surface area contributed by atoms with Crippen LogP contribution in [0.15, 0.2) is 0 Å². The number of amides is 1. The summed E-state index contributed by atoms with van der Waals surface area (Å²) >= 11 is 0. The van der Waals surface area contributed by atoms with Gasteiger partial charge < -0.3 is 14.4 Å². The molecule has 6 nitrogen and oxygen atoms in total. The lowest BCUT2D eigenvalue weighted by Gasteiger charge is -2.30. The molecular weight excluding hydrogens is 282 g/mol. The number of carbonyl (C=O) groups excluding carboxylic acids is 1. The predicted molar refractivity (Wildman–Crippen MR) is 85.2 cm³/mol. The summed E-state index contributed by atoms with van der Waals surface area (Å²) in [5.41, 5.74) is 2.54. The van der Waals surface area contributed by atoms with Gasteiger partial charge in [0.2, 0.25) is 0 Å². The molecule has 0 aromatic rings. The molecule has 2 aliphatic heterocycles. The number of nitrogens with one attached hydrogen (secondary N) is 1. The maximum Gasteiger partial charge on any atom is 0.410 e. The largest absolute Gasteiger partial charge is 0.444 e. The van der Waals surface area contributed by atoms with Crippen LogP contribution in [-0.4, -0.2) is 48.9 Å². The number of rotatable bonds is 4. The molecule has 0 aromatic carbocycles. The minimum atomic E-state index is -0.442. The molecule has 0 bridgehead atoms. The Hall–Kier alpha value is -0.850.